The molecule has 0 rings (SSSR count). The predicted octanol–water partition coefficient (Wildman–Crippen LogP) is 2.45. The molecule has 0 aromatic heterocycles. The Kier molecular flexibility index (Phi) is 7.69. The molecule has 0 aliphatic carbocycles. The Balaban J connectivity index is 3.59. The van der Waals surface area contributed by atoms with Gasteiger partial charge in [0.05, 0.1) is 12.5 Å². The van der Waals surface area contributed by atoms with Crippen LogP contribution in [0.15, 0.2) is 0 Å². The van der Waals surface area contributed by atoms with Crippen LogP contribution in [-0.2, 0) is 9.53 Å². The first-order chi connectivity index (χ1) is 6.20. The van der Waals surface area contributed by atoms with Gasteiger partial charge in [0.1, 0.15) is 0 Å². The van der Waals surface area contributed by atoms with Crippen LogP contribution >= 0.6 is 0 Å². The molecule has 0 aliphatic heterocycles. The van der Waals surface area contributed by atoms with E-state index in [0.29, 0.717) is 6.61 Å². The van der Waals surface area contributed by atoms with Gasteiger partial charge < -0.3 is 9.84 Å². The largest absolute Gasteiger partial charge is 0.481 e. The van der Waals surface area contributed by atoms with E-state index in [1.807, 2.05) is 6.92 Å². The van der Waals surface area contributed by atoms with Gasteiger partial charge in [-0.15, -0.1) is 0 Å². The molecular weight excluding hydrogens is 168 g/mol. The second-order valence-electron chi connectivity index (χ2n) is 3.23. The van der Waals surface area contributed by atoms with Crippen LogP contribution in [0.5, 0.6) is 0 Å². The number of unbranched alkanes of at least 4 members (excludes halogenated alkanes) is 1. The lowest BCUT2D eigenvalue weighted by atomic mass is 10.1. The molecule has 0 aromatic rings. The van der Waals surface area contributed by atoms with E-state index in [0.717, 1.165) is 25.7 Å². The number of rotatable bonds is 8. The van der Waals surface area contributed by atoms with Gasteiger partial charge in [0, 0.05) is 6.61 Å². The fraction of sp³-hybridized carbons (Fsp3) is 0.900. The highest BCUT2D eigenvalue weighted by Crippen LogP contribution is 2.07. The van der Waals surface area contributed by atoms with E-state index in [-0.39, 0.29) is 12.5 Å². The maximum absolute atomic E-state index is 10.4. The lowest BCUT2D eigenvalue weighted by Gasteiger charge is -2.14. The molecule has 13 heavy (non-hydrogen) atoms. The Labute approximate surface area is 80.1 Å². The number of carboxylic acids is 1. The first-order valence-corrected chi connectivity index (χ1v) is 5.04. The number of carbonyl (C=O) groups is 1. The molecule has 0 saturated heterocycles. The smallest absolute Gasteiger partial charge is 0.305 e. The lowest BCUT2D eigenvalue weighted by molar-refractivity contribution is -0.140. The van der Waals surface area contributed by atoms with E-state index >= 15 is 0 Å². The van der Waals surface area contributed by atoms with Gasteiger partial charge in [0.25, 0.3) is 0 Å². The van der Waals surface area contributed by atoms with E-state index in [1.54, 1.807) is 0 Å². The summed E-state index contributed by atoms with van der Waals surface area (Å²) in [5.41, 5.74) is 0. The maximum Gasteiger partial charge on any atom is 0.305 e. The van der Waals surface area contributed by atoms with Crippen molar-refractivity contribution < 1.29 is 14.6 Å². The molecule has 1 atom stereocenters. The van der Waals surface area contributed by atoms with Gasteiger partial charge in [-0.2, -0.15) is 0 Å². The van der Waals surface area contributed by atoms with Crippen molar-refractivity contribution in [2.45, 2.75) is 52.1 Å². The fourth-order valence-corrected chi connectivity index (χ4v) is 1.16. The minimum atomic E-state index is -0.769. The number of aliphatic carboxylic acids is 1. The van der Waals surface area contributed by atoms with Crippen molar-refractivity contribution in [3.8, 4) is 0 Å². The standard InChI is InChI=1S/C10H20O3/c1-3-5-7-13-9(6-4-2)8-10(11)12/h9H,3-8H2,1-2H3,(H,11,12). The Morgan fingerprint density at radius 3 is 2.54 bits per heavy atom. The van der Waals surface area contributed by atoms with Crippen LogP contribution in [0.25, 0.3) is 0 Å². The molecule has 0 aliphatic rings. The van der Waals surface area contributed by atoms with Crippen LogP contribution < -0.4 is 0 Å². The number of hydrogen-bond acceptors (Lipinski definition) is 2. The molecule has 0 spiro atoms. The number of hydrogen-bond donors (Lipinski definition) is 1. The molecule has 0 bridgehead atoms. The normalized spacial score (nSPS) is 12.8. The second kappa shape index (κ2) is 8.05. The molecule has 3 heteroatoms. The Morgan fingerprint density at radius 1 is 1.38 bits per heavy atom. The van der Waals surface area contributed by atoms with Gasteiger partial charge in [-0.1, -0.05) is 26.7 Å². The summed E-state index contributed by atoms with van der Waals surface area (Å²) < 4.78 is 5.45. The van der Waals surface area contributed by atoms with Crippen molar-refractivity contribution >= 4 is 5.97 Å². The molecule has 0 aromatic carbocycles. The van der Waals surface area contributed by atoms with E-state index in [9.17, 15) is 4.79 Å². The zero-order valence-electron chi connectivity index (χ0n) is 8.58. The van der Waals surface area contributed by atoms with Crippen molar-refractivity contribution in [2.75, 3.05) is 6.61 Å². The summed E-state index contributed by atoms with van der Waals surface area (Å²) in [5.74, 6) is -0.769. The Morgan fingerprint density at radius 2 is 2.08 bits per heavy atom. The third kappa shape index (κ3) is 7.78. The maximum atomic E-state index is 10.4. The van der Waals surface area contributed by atoms with Gasteiger partial charge in [-0.25, -0.2) is 0 Å². The van der Waals surface area contributed by atoms with Crippen molar-refractivity contribution in [2.24, 2.45) is 0 Å². The molecule has 0 fully saturated rings. The quantitative estimate of drug-likeness (QED) is 0.595. The van der Waals surface area contributed by atoms with E-state index in [1.165, 1.54) is 0 Å². The lowest BCUT2D eigenvalue weighted by Crippen LogP contribution is -2.18. The Hall–Kier alpha value is -0.570. The van der Waals surface area contributed by atoms with Crippen LogP contribution in [0, 0.1) is 0 Å². The zero-order chi connectivity index (χ0) is 10.1. The van der Waals surface area contributed by atoms with Crippen LogP contribution in [0.3, 0.4) is 0 Å². The topological polar surface area (TPSA) is 46.5 Å². The zero-order valence-corrected chi connectivity index (χ0v) is 8.58. The monoisotopic (exact) mass is 188 g/mol. The first kappa shape index (κ1) is 12.4. The Bertz CT molecular complexity index is 134. The van der Waals surface area contributed by atoms with Gasteiger partial charge in [0.2, 0.25) is 0 Å². The SMILES string of the molecule is CCCCOC(CCC)CC(=O)O. The molecule has 78 valence electrons. The number of carboxylic acid groups (broad SMARTS) is 1. The highest BCUT2D eigenvalue weighted by molar-refractivity contribution is 5.67. The molecule has 0 amide bonds. The number of ether oxygens (including phenoxy) is 1. The van der Waals surface area contributed by atoms with Gasteiger partial charge in [-0.3, -0.25) is 4.79 Å². The van der Waals surface area contributed by atoms with Crippen LogP contribution in [-0.4, -0.2) is 23.8 Å². The third-order valence-corrected chi connectivity index (χ3v) is 1.86. The molecule has 3 nitrogen and oxygen atoms in total. The van der Waals surface area contributed by atoms with Crippen molar-refractivity contribution in [3.63, 3.8) is 0 Å². The van der Waals surface area contributed by atoms with E-state index < -0.39 is 5.97 Å². The molecular formula is C10H20O3. The van der Waals surface area contributed by atoms with Crippen LogP contribution in [0.2, 0.25) is 0 Å². The summed E-state index contributed by atoms with van der Waals surface area (Å²) in [4.78, 5) is 10.4. The average Bonchev–Trinajstić information content (AvgIpc) is 2.04. The molecule has 0 saturated carbocycles. The van der Waals surface area contributed by atoms with E-state index in [2.05, 4.69) is 6.92 Å². The second-order valence-corrected chi connectivity index (χ2v) is 3.23. The summed E-state index contributed by atoms with van der Waals surface area (Å²) >= 11 is 0. The first-order valence-electron chi connectivity index (χ1n) is 5.04. The third-order valence-electron chi connectivity index (χ3n) is 1.86. The fourth-order valence-electron chi connectivity index (χ4n) is 1.16. The van der Waals surface area contributed by atoms with Crippen molar-refractivity contribution in [1.82, 2.24) is 0 Å². The van der Waals surface area contributed by atoms with Gasteiger partial charge >= 0.3 is 5.97 Å². The molecule has 1 N–H and O–H groups in total. The minimum absolute atomic E-state index is 0.0888. The van der Waals surface area contributed by atoms with Gasteiger partial charge in [-0.05, 0) is 12.8 Å². The highest BCUT2D eigenvalue weighted by atomic mass is 16.5. The van der Waals surface area contributed by atoms with Crippen LogP contribution in [0.4, 0.5) is 0 Å². The average molecular weight is 188 g/mol. The molecule has 0 radical (unpaired) electrons. The molecule has 0 heterocycles. The summed E-state index contributed by atoms with van der Waals surface area (Å²) in [6, 6.07) is 0. The minimum Gasteiger partial charge on any atom is -0.481 e. The van der Waals surface area contributed by atoms with Gasteiger partial charge in [0.15, 0.2) is 0 Å². The van der Waals surface area contributed by atoms with Crippen molar-refractivity contribution in [3.05, 3.63) is 0 Å². The van der Waals surface area contributed by atoms with Crippen molar-refractivity contribution in [1.29, 1.82) is 0 Å². The van der Waals surface area contributed by atoms with Crippen LogP contribution in [0.1, 0.15) is 46.0 Å². The summed E-state index contributed by atoms with van der Waals surface area (Å²) in [5, 5.41) is 8.59. The highest BCUT2D eigenvalue weighted by Gasteiger charge is 2.11. The van der Waals surface area contributed by atoms with E-state index in [4.69, 9.17) is 9.84 Å². The summed E-state index contributed by atoms with van der Waals surface area (Å²) in [6.45, 7) is 4.82. The summed E-state index contributed by atoms with van der Waals surface area (Å²) in [7, 11) is 0. The summed E-state index contributed by atoms with van der Waals surface area (Å²) in [6.07, 6.45) is 3.97. The molecule has 1 unspecified atom stereocenters. The predicted molar refractivity (Wildman–Crippen MR) is 51.8 cm³/mol.